The van der Waals surface area contributed by atoms with E-state index in [2.05, 4.69) is 15.2 Å². The Bertz CT molecular complexity index is 836. The SMILES string of the molecule is CCOc1ccccc1N=Nc1c(C)nc2c(C)cccn12. The maximum Gasteiger partial charge on any atom is 0.182 e. The molecule has 0 radical (unpaired) electrons. The molecule has 0 atom stereocenters. The number of aryl methyl sites for hydroxylation is 2. The molecule has 0 fully saturated rings. The number of pyridine rings is 1. The predicted octanol–water partition coefficient (Wildman–Crippen LogP) is 4.77. The van der Waals surface area contributed by atoms with E-state index < -0.39 is 0 Å². The minimum atomic E-state index is 0.598. The van der Waals surface area contributed by atoms with Crippen LogP contribution in [0.5, 0.6) is 5.75 Å². The summed E-state index contributed by atoms with van der Waals surface area (Å²) in [6, 6.07) is 11.6. The number of hydrogen-bond donors (Lipinski definition) is 0. The number of ether oxygens (including phenoxy) is 1. The van der Waals surface area contributed by atoms with Crippen LogP contribution in [0.1, 0.15) is 18.2 Å². The first-order valence-electron chi connectivity index (χ1n) is 7.28. The van der Waals surface area contributed by atoms with Crippen molar-refractivity contribution in [2.45, 2.75) is 20.8 Å². The number of rotatable bonds is 4. The van der Waals surface area contributed by atoms with Gasteiger partial charge in [0.25, 0.3) is 0 Å². The zero-order chi connectivity index (χ0) is 15.5. The van der Waals surface area contributed by atoms with Crippen molar-refractivity contribution in [3.63, 3.8) is 0 Å². The van der Waals surface area contributed by atoms with Gasteiger partial charge in [0, 0.05) is 6.20 Å². The Kier molecular flexibility index (Phi) is 3.87. The van der Waals surface area contributed by atoms with Gasteiger partial charge in [-0.15, -0.1) is 10.2 Å². The van der Waals surface area contributed by atoms with Gasteiger partial charge < -0.3 is 4.74 Å². The van der Waals surface area contributed by atoms with Crippen LogP contribution in [0, 0.1) is 13.8 Å². The number of nitrogens with zero attached hydrogens (tertiary/aromatic N) is 4. The number of aromatic nitrogens is 2. The normalized spacial score (nSPS) is 11.4. The van der Waals surface area contributed by atoms with Crippen molar-refractivity contribution < 1.29 is 4.74 Å². The monoisotopic (exact) mass is 294 g/mol. The molecule has 0 aliphatic heterocycles. The first-order chi connectivity index (χ1) is 10.7. The number of para-hydroxylation sites is 1. The van der Waals surface area contributed by atoms with E-state index in [1.54, 1.807) is 0 Å². The van der Waals surface area contributed by atoms with Crippen molar-refractivity contribution in [2.75, 3.05) is 6.61 Å². The van der Waals surface area contributed by atoms with Crippen LogP contribution in [-0.2, 0) is 0 Å². The Hall–Kier alpha value is -2.69. The molecule has 5 nitrogen and oxygen atoms in total. The van der Waals surface area contributed by atoms with E-state index >= 15 is 0 Å². The molecule has 0 N–H and O–H groups in total. The number of azo groups is 1. The predicted molar refractivity (Wildman–Crippen MR) is 86.5 cm³/mol. The molecule has 3 aromatic rings. The minimum Gasteiger partial charge on any atom is -0.492 e. The summed E-state index contributed by atoms with van der Waals surface area (Å²) in [6.07, 6.45) is 1.95. The van der Waals surface area contributed by atoms with Crippen LogP contribution in [0.15, 0.2) is 52.8 Å². The first-order valence-corrected chi connectivity index (χ1v) is 7.28. The number of hydrogen-bond acceptors (Lipinski definition) is 4. The molecule has 112 valence electrons. The molecule has 3 rings (SSSR count). The molecule has 0 spiro atoms. The van der Waals surface area contributed by atoms with Crippen LogP contribution in [0.3, 0.4) is 0 Å². The van der Waals surface area contributed by atoms with Gasteiger partial charge in [0.05, 0.1) is 12.3 Å². The summed E-state index contributed by atoms with van der Waals surface area (Å²) in [6.45, 7) is 6.52. The molecule has 0 saturated carbocycles. The summed E-state index contributed by atoms with van der Waals surface area (Å²) in [5.74, 6) is 1.47. The first kappa shape index (κ1) is 14.3. The molecule has 1 aromatic carbocycles. The Morgan fingerprint density at radius 3 is 2.73 bits per heavy atom. The standard InChI is InChI=1S/C17H18N4O/c1-4-22-15-10-6-5-9-14(15)19-20-17-13(3)18-16-12(2)8-7-11-21(16)17/h5-11H,4H2,1-3H3. The highest BCUT2D eigenvalue weighted by atomic mass is 16.5. The van der Waals surface area contributed by atoms with Gasteiger partial charge in [-0.25, -0.2) is 4.98 Å². The van der Waals surface area contributed by atoms with Crippen molar-refractivity contribution in [1.29, 1.82) is 0 Å². The molecule has 0 unspecified atom stereocenters. The third-order valence-corrected chi connectivity index (χ3v) is 3.41. The molecule has 5 heteroatoms. The summed E-state index contributed by atoms with van der Waals surface area (Å²) >= 11 is 0. The highest BCUT2D eigenvalue weighted by molar-refractivity contribution is 5.57. The fourth-order valence-corrected chi connectivity index (χ4v) is 2.34. The third kappa shape index (κ3) is 2.57. The van der Waals surface area contributed by atoms with Crippen LogP contribution in [-0.4, -0.2) is 16.0 Å². The smallest absolute Gasteiger partial charge is 0.182 e. The van der Waals surface area contributed by atoms with E-state index in [4.69, 9.17) is 4.74 Å². The number of imidazole rings is 1. The minimum absolute atomic E-state index is 0.598. The lowest BCUT2D eigenvalue weighted by Crippen LogP contribution is -1.90. The molecule has 0 bridgehead atoms. The van der Waals surface area contributed by atoms with Gasteiger partial charge in [0.2, 0.25) is 0 Å². The maximum absolute atomic E-state index is 5.57. The lowest BCUT2D eigenvalue weighted by atomic mass is 10.3. The molecule has 0 saturated heterocycles. The molecule has 22 heavy (non-hydrogen) atoms. The van der Waals surface area contributed by atoms with Crippen molar-refractivity contribution >= 4 is 17.2 Å². The Labute approximate surface area is 129 Å². The van der Waals surface area contributed by atoms with E-state index in [1.807, 2.05) is 67.8 Å². The van der Waals surface area contributed by atoms with Crippen LogP contribution in [0.4, 0.5) is 11.5 Å². The van der Waals surface area contributed by atoms with E-state index in [0.29, 0.717) is 12.3 Å². The van der Waals surface area contributed by atoms with Crippen molar-refractivity contribution in [3.05, 3.63) is 53.9 Å². The molecule has 2 aromatic heterocycles. The zero-order valence-electron chi connectivity index (χ0n) is 12.9. The lowest BCUT2D eigenvalue weighted by molar-refractivity contribution is 0.341. The average molecular weight is 294 g/mol. The van der Waals surface area contributed by atoms with Gasteiger partial charge in [-0.05, 0) is 44.5 Å². The summed E-state index contributed by atoms with van der Waals surface area (Å²) in [5.41, 5.74) is 3.59. The number of fused-ring (bicyclic) bond motifs is 1. The second kappa shape index (κ2) is 5.97. The fourth-order valence-electron chi connectivity index (χ4n) is 2.34. The number of benzene rings is 1. The average Bonchev–Trinajstić information content (AvgIpc) is 2.84. The molecule has 0 amide bonds. The highest BCUT2D eigenvalue weighted by Gasteiger charge is 2.09. The topological polar surface area (TPSA) is 51.2 Å². The van der Waals surface area contributed by atoms with Gasteiger partial charge in [-0.3, -0.25) is 4.40 Å². The van der Waals surface area contributed by atoms with Gasteiger partial charge in [0.1, 0.15) is 17.1 Å². The van der Waals surface area contributed by atoms with Crippen LogP contribution in [0.2, 0.25) is 0 Å². The molecular formula is C17H18N4O. The Balaban J connectivity index is 2.03. The lowest BCUT2D eigenvalue weighted by Gasteiger charge is -2.04. The Morgan fingerprint density at radius 1 is 1.09 bits per heavy atom. The van der Waals surface area contributed by atoms with E-state index in [1.165, 1.54) is 0 Å². The molecule has 2 heterocycles. The summed E-state index contributed by atoms with van der Waals surface area (Å²) in [7, 11) is 0. The van der Waals surface area contributed by atoms with Crippen LogP contribution < -0.4 is 4.74 Å². The van der Waals surface area contributed by atoms with Gasteiger partial charge in [0.15, 0.2) is 5.82 Å². The molecule has 0 aliphatic rings. The van der Waals surface area contributed by atoms with Crippen LogP contribution in [0.25, 0.3) is 5.65 Å². The molecular weight excluding hydrogens is 276 g/mol. The van der Waals surface area contributed by atoms with E-state index in [9.17, 15) is 0 Å². The Morgan fingerprint density at radius 2 is 1.91 bits per heavy atom. The van der Waals surface area contributed by atoms with Gasteiger partial charge in [-0.2, -0.15) is 0 Å². The quantitative estimate of drug-likeness (QED) is 0.651. The van der Waals surface area contributed by atoms with Crippen molar-refractivity contribution in [3.8, 4) is 5.75 Å². The maximum atomic E-state index is 5.57. The highest BCUT2D eigenvalue weighted by Crippen LogP contribution is 2.30. The van der Waals surface area contributed by atoms with Crippen LogP contribution >= 0.6 is 0 Å². The fraction of sp³-hybridized carbons (Fsp3) is 0.235. The van der Waals surface area contributed by atoms with Crippen molar-refractivity contribution in [1.82, 2.24) is 9.38 Å². The summed E-state index contributed by atoms with van der Waals surface area (Å²) in [4.78, 5) is 4.56. The van der Waals surface area contributed by atoms with Crippen molar-refractivity contribution in [2.24, 2.45) is 10.2 Å². The zero-order valence-corrected chi connectivity index (χ0v) is 12.9. The van der Waals surface area contributed by atoms with E-state index in [-0.39, 0.29) is 0 Å². The molecule has 0 aliphatic carbocycles. The van der Waals surface area contributed by atoms with Gasteiger partial charge >= 0.3 is 0 Å². The summed E-state index contributed by atoms with van der Waals surface area (Å²) < 4.78 is 7.52. The largest absolute Gasteiger partial charge is 0.492 e. The second-order valence-electron chi connectivity index (χ2n) is 5.01. The second-order valence-corrected chi connectivity index (χ2v) is 5.01. The van der Waals surface area contributed by atoms with E-state index in [0.717, 1.165) is 28.5 Å². The third-order valence-electron chi connectivity index (χ3n) is 3.41. The van der Waals surface area contributed by atoms with Gasteiger partial charge in [-0.1, -0.05) is 18.2 Å². The summed E-state index contributed by atoms with van der Waals surface area (Å²) in [5, 5.41) is 8.74.